The van der Waals surface area contributed by atoms with E-state index in [1.807, 2.05) is 19.1 Å². The van der Waals surface area contributed by atoms with E-state index in [9.17, 15) is 18.0 Å². The zero-order chi connectivity index (χ0) is 23.4. The van der Waals surface area contributed by atoms with Crippen LogP contribution in [0.1, 0.15) is 60.2 Å². The molecule has 0 spiro atoms. The van der Waals surface area contributed by atoms with Crippen molar-refractivity contribution in [2.24, 2.45) is 5.92 Å². The van der Waals surface area contributed by atoms with Gasteiger partial charge in [0.15, 0.2) is 0 Å². The third kappa shape index (κ3) is 5.76. The fraction of sp³-hybridized carbons (Fsp3) is 0.500. The fourth-order valence-corrected chi connectivity index (χ4v) is 7.00. The number of carbonyl (C=O) groups excluding carboxylic acids is 2. The molecule has 0 bridgehead atoms. The molecule has 2 N–H and O–H groups in total. The van der Waals surface area contributed by atoms with E-state index in [4.69, 9.17) is 0 Å². The van der Waals surface area contributed by atoms with Crippen LogP contribution in [-0.2, 0) is 14.8 Å². The minimum atomic E-state index is -3.88. The number of rotatable bonds is 6. The van der Waals surface area contributed by atoms with Crippen molar-refractivity contribution in [2.75, 3.05) is 17.8 Å². The predicted molar refractivity (Wildman–Crippen MR) is 130 cm³/mol. The van der Waals surface area contributed by atoms with E-state index in [0.29, 0.717) is 31.6 Å². The Balaban J connectivity index is 1.36. The van der Waals surface area contributed by atoms with Gasteiger partial charge in [-0.2, -0.15) is 0 Å². The standard InChI is InChI=1S/C24H31N3O4S2/c1-17-7-9-20(10-8-17)26-33(30,31)21-13-16-32-22(21)24(29)27-14-11-19(12-15-27)25-23(28)18-5-3-2-4-6-18/h7-10,13,16,18-19,26H,2-6,11-12,14-15H2,1H3,(H,25,28). The smallest absolute Gasteiger partial charge is 0.265 e. The van der Waals surface area contributed by atoms with E-state index in [1.165, 1.54) is 12.5 Å². The Kier molecular flexibility index (Phi) is 7.38. The first-order chi connectivity index (χ1) is 15.8. The first-order valence-corrected chi connectivity index (χ1v) is 14.0. The number of nitrogens with zero attached hydrogens (tertiary/aromatic N) is 1. The van der Waals surface area contributed by atoms with Crippen molar-refractivity contribution in [3.8, 4) is 0 Å². The number of aryl methyl sites for hydroxylation is 1. The van der Waals surface area contributed by atoms with E-state index >= 15 is 0 Å². The normalized spacial score (nSPS) is 18.2. The van der Waals surface area contributed by atoms with E-state index in [0.717, 1.165) is 42.6 Å². The molecule has 2 aromatic rings. The summed E-state index contributed by atoms with van der Waals surface area (Å²) in [5.41, 5.74) is 1.49. The van der Waals surface area contributed by atoms with Crippen LogP contribution < -0.4 is 10.0 Å². The highest BCUT2D eigenvalue weighted by atomic mass is 32.2. The number of anilines is 1. The van der Waals surface area contributed by atoms with Gasteiger partial charge < -0.3 is 10.2 Å². The molecule has 178 valence electrons. The second-order valence-electron chi connectivity index (χ2n) is 9.00. The Morgan fingerprint density at radius 2 is 1.64 bits per heavy atom. The fourth-order valence-electron chi connectivity index (χ4n) is 4.55. The van der Waals surface area contributed by atoms with Gasteiger partial charge in [-0.3, -0.25) is 14.3 Å². The molecular formula is C24H31N3O4S2. The molecule has 1 aliphatic carbocycles. The zero-order valence-electron chi connectivity index (χ0n) is 18.9. The Morgan fingerprint density at radius 1 is 0.970 bits per heavy atom. The van der Waals surface area contributed by atoms with Crippen LogP contribution in [0.5, 0.6) is 0 Å². The highest BCUT2D eigenvalue weighted by Crippen LogP contribution is 2.28. The van der Waals surface area contributed by atoms with Gasteiger partial charge in [-0.1, -0.05) is 37.0 Å². The molecule has 4 rings (SSSR count). The number of amides is 2. The summed E-state index contributed by atoms with van der Waals surface area (Å²) >= 11 is 1.14. The zero-order valence-corrected chi connectivity index (χ0v) is 20.5. The third-order valence-electron chi connectivity index (χ3n) is 6.52. The predicted octanol–water partition coefficient (Wildman–Crippen LogP) is 4.16. The number of likely N-dealkylation sites (tertiary alicyclic amines) is 1. The Hall–Kier alpha value is -2.39. The van der Waals surface area contributed by atoms with E-state index in [-0.39, 0.29) is 33.5 Å². The maximum absolute atomic E-state index is 13.2. The number of thiophene rings is 1. The number of benzene rings is 1. The van der Waals surface area contributed by atoms with Gasteiger partial charge >= 0.3 is 0 Å². The van der Waals surface area contributed by atoms with Crippen molar-refractivity contribution >= 4 is 38.9 Å². The van der Waals surface area contributed by atoms with Crippen LogP contribution >= 0.6 is 11.3 Å². The lowest BCUT2D eigenvalue weighted by atomic mass is 9.88. The van der Waals surface area contributed by atoms with Crippen LogP contribution in [0.2, 0.25) is 0 Å². The summed E-state index contributed by atoms with van der Waals surface area (Å²) in [5.74, 6) is -0.00189. The van der Waals surface area contributed by atoms with Crippen molar-refractivity contribution in [3.63, 3.8) is 0 Å². The van der Waals surface area contributed by atoms with Crippen LogP contribution in [0, 0.1) is 12.8 Å². The third-order valence-corrected chi connectivity index (χ3v) is 8.98. The quantitative estimate of drug-likeness (QED) is 0.637. The Morgan fingerprint density at radius 3 is 2.30 bits per heavy atom. The van der Waals surface area contributed by atoms with E-state index in [1.54, 1.807) is 22.4 Å². The van der Waals surface area contributed by atoms with Gasteiger partial charge in [-0.05, 0) is 56.2 Å². The summed E-state index contributed by atoms with van der Waals surface area (Å²) in [6.07, 6.45) is 6.75. The number of hydrogen-bond acceptors (Lipinski definition) is 5. The van der Waals surface area contributed by atoms with E-state index < -0.39 is 10.0 Å². The summed E-state index contributed by atoms with van der Waals surface area (Å²) in [7, 11) is -3.88. The molecule has 9 heteroatoms. The van der Waals surface area contributed by atoms with Gasteiger partial charge in [0.05, 0.1) is 0 Å². The summed E-state index contributed by atoms with van der Waals surface area (Å²) < 4.78 is 28.5. The monoisotopic (exact) mass is 489 g/mol. The molecule has 33 heavy (non-hydrogen) atoms. The van der Waals surface area contributed by atoms with Gasteiger partial charge in [-0.25, -0.2) is 8.42 Å². The molecule has 0 atom stereocenters. The van der Waals surface area contributed by atoms with Crippen molar-refractivity contribution in [2.45, 2.75) is 62.8 Å². The summed E-state index contributed by atoms with van der Waals surface area (Å²) in [4.78, 5) is 27.6. The van der Waals surface area contributed by atoms with Crippen molar-refractivity contribution in [1.82, 2.24) is 10.2 Å². The molecule has 2 aliphatic rings. The Labute approximate surface area is 199 Å². The van der Waals surface area contributed by atoms with Crippen LogP contribution in [0.3, 0.4) is 0 Å². The minimum absolute atomic E-state index is 0.00537. The van der Waals surface area contributed by atoms with Crippen LogP contribution in [0.4, 0.5) is 5.69 Å². The number of hydrogen-bond donors (Lipinski definition) is 2. The molecule has 2 amide bonds. The maximum Gasteiger partial charge on any atom is 0.265 e. The lowest BCUT2D eigenvalue weighted by Crippen LogP contribution is -2.48. The average Bonchev–Trinajstić information content (AvgIpc) is 3.32. The van der Waals surface area contributed by atoms with Gasteiger partial charge in [0.1, 0.15) is 9.77 Å². The highest BCUT2D eigenvalue weighted by Gasteiger charge is 2.31. The van der Waals surface area contributed by atoms with Gasteiger partial charge in [0.2, 0.25) is 5.91 Å². The van der Waals surface area contributed by atoms with Crippen LogP contribution in [0.25, 0.3) is 0 Å². The number of sulfonamides is 1. The molecule has 7 nitrogen and oxygen atoms in total. The molecule has 1 aromatic heterocycles. The van der Waals surface area contributed by atoms with Crippen LogP contribution in [-0.4, -0.2) is 44.3 Å². The molecule has 1 aliphatic heterocycles. The van der Waals surface area contributed by atoms with Gasteiger partial charge in [-0.15, -0.1) is 11.3 Å². The largest absolute Gasteiger partial charge is 0.353 e. The molecule has 0 unspecified atom stereocenters. The molecule has 2 fully saturated rings. The van der Waals surface area contributed by atoms with E-state index in [2.05, 4.69) is 10.0 Å². The molecule has 2 heterocycles. The van der Waals surface area contributed by atoms with Crippen molar-refractivity contribution in [1.29, 1.82) is 0 Å². The summed E-state index contributed by atoms with van der Waals surface area (Å²) in [6, 6.07) is 8.60. The molecule has 1 saturated carbocycles. The number of nitrogens with one attached hydrogen (secondary N) is 2. The van der Waals surface area contributed by atoms with Gasteiger partial charge in [0.25, 0.3) is 15.9 Å². The lowest BCUT2D eigenvalue weighted by molar-refractivity contribution is -0.126. The van der Waals surface area contributed by atoms with Gasteiger partial charge in [0, 0.05) is 30.7 Å². The summed E-state index contributed by atoms with van der Waals surface area (Å²) in [6.45, 7) is 2.92. The lowest BCUT2D eigenvalue weighted by Gasteiger charge is -2.33. The first-order valence-electron chi connectivity index (χ1n) is 11.6. The maximum atomic E-state index is 13.2. The molecule has 1 aromatic carbocycles. The SMILES string of the molecule is Cc1ccc(NS(=O)(=O)c2ccsc2C(=O)N2CCC(NC(=O)C3CCCCC3)CC2)cc1. The molecule has 1 saturated heterocycles. The number of piperidine rings is 1. The highest BCUT2D eigenvalue weighted by molar-refractivity contribution is 7.93. The summed E-state index contributed by atoms with van der Waals surface area (Å²) in [5, 5.41) is 4.80. The number of carbonyl (C=O) groups is 2. The van der Waals surface area contributed by atoms with Crippen molar-refractivity contribution < 1.29 is 18.0 Å². The topological polar surface area (TPSA) is 95.6 Å². The molecular weight excluding hydrogens is 458 g/mol. The molecule has 0 radical (unpaired) electrons. The second kappa shape index (κ2) is 10.3. The average molecular weight is 490 g/mol. The minimum Gasteiger partial charge on any atom is -0.353 e. The second-order valence-corrected chi connectivity index (χ2v) is 11.6. The Bertz CT molecular complexity index is 1080. The first kappa shape index (κ1) is 23.8. The van der Waals surface area contributed by atoms with Crippen molar-refractivity contribution in [3.05, 3.63) is 46.2 Å². The van der Waals surface area contributed by atoms with Crippen LogP contribution in [0.15, 0.2) is 40.6 Å².